The number of fused-ring (bicyclic) bond motifs is 2. The topological polar surface area (TPSA) is 120 Å². The predicted molar refractivity (Wildman–Crippen MR) is 142 cm³/mol. The lowest BCUT2D eigenvalue weighted by atomic mass is 10.1. The molecule has 2 aromatic carbocycles. The van der Waals surface area contributed by atoms with Crippen LogP contribution in [0.2, 0.25) is 0 Å². The Bertz CT molecular complexity index is 1770. The van der Waals surface area contributed by atoms with Gasteiger partial charge in [0.15, 0.2) is 17.8 Å². The molecule has 6 rings (SSSR count). The summed E-state index contributed by atoms with van der Waals surface area (Å²) >= 11 is 0. The summed E-state index contributed by atoms with van der Waals surface area (Å²) in [6.45, 7) is 1.71. The number of carbonyl (C=O) groups excluding carboxylic acids is 2. The van der Waals surface area contributed by atoms with E-state index in [1.165, 1.54) is 17.9 Å². The minimum absolute atomic E-state index is 0.0709. The Hall–Kier alpha value is -5.16. The summed E-state index contributed by atoms with van der Waals surface area (Å²) in [5.41, 5.74) is 2.28. The van der Waals surface area contributed by atoms with Gasteiger partial charge < -0.3 is 14.6 Å². The molecule has 1 amide bonds. The maximum atomic E-state index is 14.2. The summed E-state index contributed by atoms with van der Waals surface area (Å²) in [6, 6.07) is 16.1. The first-order chi connectivity index (χ1) is 19.4. The molecular weight excluding hydrogens is 517 g/mol. The van der Waals surface area contributed by atoms with Gasteiger partial charge in [-0.1, -0.05) is 18.2 Å². The molecule has 5 aromatic rings. The van der Waals surface area contributed by atoms with Crippen molar-refractivity contribution in [3.8, 4) is 11.4 Å². The first-order valence-electron chi connectivity index (χ1n) is 12.3. The highest BCUT2D eigenvalue weighted by atomic mass is 19.1. The number of amides is 1. The Morgan fingerprint density at radius 2 is 1.95 bits per heavy atom. The van der Waals surface area contributed by atoms with Gasteiger partial charge in [0.1, 0.15) is 17.6 Å². The fourth-order valence-electron chi connectivity index (χ4n) is 4.75. The van der Waals surface area contributed by atoms with Crippen molar-refractivity contribution in [2.45, 2.75) is 19.3 Å². The molecule has 0 fully saturated rings. The third-order valence-corrected chi connectivity index (χ3v) is 6.65. The number of anilines is 1. The van der Waals surface area contributed by atoms with Gasteiger partial charge in [0, 0.05) is 35.0 Å². The zero-order valence-corrected chi connectivity index (χ0v) is 21.4. The smallest absolute Gasteiger partial charge is 0.337 e. The Kier molecular flexibility index (Phi) is 6.20. The van der Waals surface area contributed by atoms with Gasteiger partial charge in [-0.3, -0.25) is 14.7 Å². The molecule has 1 N–H and O–H groups in total. The van der Waals surface area contributed by atoms with Gasteiger partial charge in [0.25, 0.3) is 5.91 Å². The van der Waals surface area contributed by atoms with Crippen molar-refractivity contribution in [1.29, 1.82) is 0 Å². The minimum Gasteiger partial charge on any atom is -0.480 e. The maximum absolute atomic E-state index is 14.2. The van der Waals surface area contributed by atoms with Gasteiger partial charge in [0.2, 0.25) is 0 Å². The van der Waals surface area contributed by atoms with Gasteiger partial charge in [0.05, 0.1) is 30.1 Å². The van der Waals surface area contributed by atoms with Crippen molar-refractivity contribution in [3.63, 3.8) is 0 Å². The number of pyridine rings is 2. The number of esters is 1. The lowest BCUT2D eigenvalue weighted by Gasteiger charge is -2.25. The van der Waals surface area contributed by atoms with Crippen LogP contribution in [0.1, 0.15) is 51.2 Å². The van der Waals surface area contributed by atoms with Crippen molar-refractivity contribution in [1.82, 2.24) is 19.7 Å². The zero-order valence-electron chi connectivity index (χ0n) is 21.4. The number of ether oxygens (including phenoxy) is 2. The highest BCUT2D eigenvalue weighted by Crippen LogP contribution is 2.42. The molecule has 2 atom stereocenters. The molecule has 0 spiro atoms. The number of aliphatic hydroxyl groups is 1. The second-order valence-corrected chi connectivity index (χ2v) is 9.11. The molecule has 0 bridgehead atoms. The highest BCUT2D eigenvalue weighted by Gasteiger charge is 2.39. The number of rotatable bonds is 6. The van der Waals surface area contributed by atoms with Crippen LogP contribution in [0.5, 0.6) is 5.75 Å². The third-order valence-electron chi connectivity index (χ3n) is 6.65. The molecule has 0 saturated carbocycles. The first kappa shape index (κ1) is 25.1. The Labute approximate surface area is 227 Å². The lowest BCUT2D eigenvalue weighted by Crippen LogP contribution is -2.29. The van der Waals surface area contributed by atoms with E-state index in [1.54, 1.807) is 73.9 Å². The summed E-state index contributed by atoms with van der Waals surface area (Å²) < 4.78 is 26.8. The van der Waals surface area contributed by atoms with Crippen LogP contribution in [0.4, 0.5) is 10.2 Å². The van der Waals surface area contributed by atoms with Crippen LogP contribution in [-0.4, -0.2) is 43.8 Å². The number of hydrogen-bond donors (Lipinski definition) is 1. The van der Waals surface area contributed by atoms with Crippen LogP contribution < -0.4 is 9.64 Å². The molecular formula is C29H22FN5O5. The van der Waals surface area contributed by atoms with E-state index in [2.05, 4.69) is 15.1 Å². The number of aliphatic hydroxyl groups excluding tert-OH is 1. The molecule has 200 valence electrons. The molecule has 4 heterocycles. The summed E-state index contributed by atoms with van der Waals surface area (Å²) in [5, 5.41) is 15.9. The predicted octanol–water partition coefficient (Wildman–Crippen LogP) is 4.53. The van der Waals surface area contributed by atoms with E-state index in [9.17, 15) is 19.1 Å². The van der Waals surface area contributed by atoms with Crippen molar-refractivity contribution >= 4 is 28.6 Å². The Balaban J connectivity index is 1.48. The minimum atomic E-state index is -1.30. The van der Waals surface area contributed by atoms with Gasteiger partial charge in [-0.15, -0.1) is 0 Å². The van der Waals surface area contributed by atoms with Crippen molar-refractivity contribution < 1.29 is 28.6 Å². The number of aromatic nitrogens is 4. The summed E-state index contributed by atoms with van der Waals surface area (Å²) in [5.74, 6) is -1.31. The lowest BCUT2D eigenvalue weighted by molar-refractivity contribution is 0.0600. The Morgan fingerprint density at radius 1 is 1.12 bits per heavy atom. The fourth-order valence-corrected chi connectivity index (χ4v) is 4.75. The molecule has 10 nitrogen and oxygen atoms in total. The first-order valence-corrected chi connectivity index (χ1v) is 12.3. The average molecular weight is 540 g/mol. The van der Waals surface area contributed by atoms with Gasteiger partial charge in [-0.05, 0) is 43.3 Å². The molecule has 1 unspecified atom stereocenters. The molecule has 40 heavy (non-hydrogen) atoms. The van der Waals surface area contributed by atoms with Crippen LogP contribution >= 0.6 is 0 Å². The highest BCUT2D eigenvalue weighted by molar-refractivity contribution is 6.11. The monoisotopic (exact) mass is 539 g/mol. The third kappa shape index (κ3) is 4.22. The van der Waals surface area contributed by atoms with Crippen molar-refractivity contribution in [2.75, 3.05) is 12.0 Å². The number of halogens is 1. The number of hydrogen-bond acceptors (Lipinski definition) is 8. The molecule has 0 radical (unpaired) electrons. The molecule has 3 aromatic heterocycles. The van der Waals surface area contributed by atoms with Crippen LogP contribution in [0, 0.1) is 5.82 Å². The molecule has 0 saturated heterocycles. The van der Waals surface area contributed by atoms with Gasteiger partial charge in [-0.25, -0.2) is 18.9 Å². The van der Waals surface area contributed by atoms with Crippen LogP contribution in [0.25, 0.3) is 16.6 Å². The molecule has 1 aliphatic rings. The molecule has 0 aliphatic carbocycles. The van der Waals surface area contributed by atoms with E-state index in [0.29, 0.717) is 39.0 Å². The summed E-state index contributed by atoms with van der Waals surface area (Å²) in [6.07, 6.45) is 2.21. The second-order valence-electron chi connectivity index (χ2n) is 9.11. The summed E-state index contributed by atoms with van der Waals surface area (Å²) in [7, 11) is 1.29. The van der Waals surface area contributed by atoms with E-state index in [1.807, 2.05) is 0 Å². The van der Waals surface area contributed by atoms with Crippen molar-refractivity contribution in [2.24, 2.45) is 0 Å². The van der Waals surface area contributed by atoms with E-state index in [0.717, 1.165) is 11.1 Å². The quantitative estimate of drug-likeness (QED) is 0.313. The second kappa shape index (κ2) is 9.86. The molecule has 11 heteroatoms. The number of benzene rings is 2. The van der Waals surface area contributed by atoms with E-state index < -0.39 is 30.0 Å². The van der Waals surface area contributed by atoms with Crippen molar-refractivity contribution in [3.05, 3.63) is 107 Å². The number of nitrogens with zero attached hydrogens (tertiary/aromatic N) is 5. The van der Waals surface area contributed by atoms with E-state index in [-0.39, 0.29) is 11.6 Å². The number of carbonyl (C=O) groups is 2. The Morgan fingerprint density at radius 3 is 2.70 bits per heavy atom. The van der Waals surface area contributed by atoms with Gasteiger partial charge in [-0.2, -0.15) is 5.10 Å². The van der Waals surface area contributed by atoms with Gasteiger partial charge >= 0.3 is 5.97 Å². The standard InChI is InChI=1S/C29H22FN5O5/c1-16(25-23(14-19(30)15-31-25)34-11-5-10-32-34)40-24-13-18-12-17(29(38)39-2)8-9-22(18)33-26(24)35-27(36)20-6-3-4-7-21(20)28(35)37/h3-16,27,36H,1-2H3/t16-,27?/m0/s1. The fraction of sp³-hybridized carbons (Fsp3) is 0.138. The number of methoxy groups -OCH3 is 1. The average Bonchev–Trinajstić information content (AvgIpc) is 3.59. The van der Waals surface area contributed by atoms with Crippen LogP contribution in [-0.2, 0) is 4.74 Å². The molecule has 1 aliphatic heterocycles. The normalized spacial score (nSPS) is 15.2. The van der Waals surface area contributed by atoms with Crippen LogP contribution in [0.3, 0.4) is 0 Å². The maximum Gasteiger partial charge on any atom is 0.337 e. The van der Waals surface area contributed by atoms with E-state index in [4.69, 9.17) is 9.47 Å². The SMILES string of the molecule is COC(=O)c1ccc2nc(N3C(=O)c4ccccc4C3O)c(O[C@@H](C)c3ncc(F)cc3-n3cccn3)cc2c1. The van der Waals surface area contributed by atoms with Crippen LogP contribution in [0.15, 0.2) is 79.3 Å². The zero-order chi connectivity index (χ0) is 28.0. The van der Waals surface area contributed by atoms with E-state index >= 15 is 0 Å². The summed E-state index contributed by atoms with van der Waals surface area (Å²) in [4.78, 5) is 35.7. The largest absolute Gasteiger partial charge is 0.480 e.